The molecule has 1 N–H and O–H groups in total. The maximum Gasteiger partial charge on any atom is 0.331 e. The third-order valence-corrected chi connectivity index (χ3v) is 4.78. The molecule has 1 aliphatic rings. The molecule has 1 aromatic rings. The lowest BCUT2D eigenvalue weighted by molar-refractivity contribution is -0.278. The summed E-state index contributed by atoms with van der Waals surface area (Å²) in [5.41, 5.74) is -0.834. The van der Waals surface area contributed by atoms with Gasteiger partial charge in [-0.2, -0.15) is 0 Å². The molecule has 2 unspecified atom stereocenters. The molecule has 3 atom stereocenters. The Balaban J connectivity index is 2.71. The van der Waals surface area contributed by atoms with E-state index in [2.05, 4.69) is 10.2 Å². The highest BCUT2D eigenvalue weighted by molar-refractivity contribution is 5.95. The van der Waals surface area contributed by atoms with Crippen LogP contribution in [0.1, 0.15) is 18.4 Å². The molecule has 1 aromatic carbocycles. The molecule has 0 aromatic heterocycles. The van der Waals surface area contributed by atoms with E-state index in [1.54, 1.807) is 19.1 Å². The van der Waals surface area contributed by atoms with Crippen molar-refractivity contribution < 1.29 is 38.3 Å². The summed E-state index contributed by atoms with van der Waals surface area (Å²) in [6, 6.07) is 3.32. The van der Waals surface area contributed by atoms with Crippen molar-refractivity contribution in [1.82, 2.24) is 5.32 Å². The molecule has 9 heteroatoms. The second-order valence-electron chi connectivity index (χ2n) is 6.16. The van der Waals surface area contributed by atoms with Gasteiger partial charge in [-0.1, -0.05) is 0 Å². The van der Waals surface area contributed by atoms with E-state index in [1.165, 1.54) is 35.5 Å². The Labute approximate surface area is 157 Å². The van der Waals surface area contributed by atoms with Gasteiger partial charge in [-0.3, -0.25) is 4.79 Å². The van der Waals surface area contributed by atoms with Crippen molar-refractivity contribution in [2.24, 2.45) is 5.92 Å². The lowest BCUT2D eigenvalue weighted by atomic mass is 9.75. The summed E-state index contributed by atoms with van der Waals surface area (Å²) in [6.07, 6.45) is 0. The molecule has 1 amide bonds. The Bertz CT molecular complexity index is 682. The monoisotopic (exact) mass is 383 g/mol. The minimum atomic E-state index is -1.36. The number of ether oxygens (including phenoxy) is 4. The van der Waals surface area contributed by atoms with Crippen molar-refractivity contribution in [2.45, 2.75) is 18.4 Å². The van der Waals surface area contributed by atoms with Crippen LogP contribution in [0.2, 0.25) is 0 Å². The zero-order valence-electron chi connectivity index (χ0n) is 16.3. The molecule has 1 heterocycles. The molecule has 150 valence electrons. The maximum atomic E-state index is 12.7. The van der Waals surface area contributed by atoms with E-state index in [9.17, 15) is 9.59 Å². The van der Waals surface area contributed by atoms with Gasteiger partial charge in [-0.05, 0) is 6.92 Å². The Kier molecular flexibility index (Phi) is 6.50. The molecule has 2 rings (SSSR count). The lowest BCUT2D eigenvalue weighted by Gasteiger charge is -2.32. The van der Waals surface area contributed by atoms with E-state index in [-0.39, 0.29) is 12.5 Å². The first-order valence-electron chi connectivity index (χ1n) is 8.23. The van der Waals surface area contributed by atoms with Gasteiger partial charge in [0, 0.05) is 23.6 Å². The Morgan fingerprint density at radius 2 is 1.67 bits per heavy atom. The van der Waals surface area contributed by atoms with E-state index < -0.39 is 23.3 Å². The number of benzene rings is 1. The summed E-state index contributed by atoms with van der Waals surface area (Å²) < 4.78 is 21.2. The number of nitrogens with one attached hydrogen (secondary N) is 1. The number of hydrogen-bond acceptors (Lipinski definition) is 8. The van der Waals surface area contributed by atoms with Crippen LogP contribution in [-0.4, -0.2) is 59.6 Å². The van der Waals surface area contributed by atoms with Gasteiger partial charge in [0.25, 0.3) is 0 Å². The minimum Gasteiger partial charge on any atom is -0.496 e. The average Bonchev–Trinajstić information content (AvgIpc) is 2.94. The molecule has 0 spiro atoms. The first-order valence-corrected chi connectivity index (χ1v) is 8.23. The summed E-state index contributed by atoms with van der Waals surface area (Å²) >= 11 is 0. The van der Waals surface area contributed by atoms with Gasteiger partial charge in [-0.25, -0.2) is 14.6 Å². The van der Waals surface area contributed by atoms with Crippen LogP contribution in [0, 0.1) is 5.92 Å². The fourth-order valence-corrected chi connectivity index (χ4v) is 3.51. The van der Waals surface area contributed by atoms with Gasteiger partial charge < -0.3 is 24.3 Å². The van der Waals surface area contributed by atoms with E-state index in [0.29, 0.717) is 22.8 Å². The SMILES string of the molecule is COOCC1C(=O)NC(C)(C(=O)OC)[C@@H]1c1c(OC)cc(OC)cc1OC. The molecular formula is C18H25NO8. The normalized spacial score (nSPS) is 24.3. The molecule has 27 heavy (non-hydrogen) atoms. The van der Waals surface area contributed by atoms with Crippen LogP contribution in [0.3, 0.4) is 0 Å². The number of carbonyl (C=O) groups excluding carboxylic acids is 2. The molecule has 9 nitrogen and oxygen atoms in total. The number of rotatable bonds is 8. The molecular weight excluding hydrogens is 358 g/mol. The fourth-order valence-electron chi connectivity index (χ4n) is 3.51. The van der Waals surface area contributed by atoms with Crippen molar-refractivity contribution in [2.75, 3.05) is 42.2 Å². The van der Waals surface area contributed by atoms with Crippen LogP contribution < -0.4 is 19.5 Å². The first-order chi connectivity index (χ1) is 12.9. The summed E-state index contributed by atoms with van der Waals surface area (Å²) in [7, 11) is 7.09. The van der Waals surface area contributed by atoms with Crippen LogP contribution in [0.5, 0.6) is 17.2 Å². The predicted octanol–water partition coefficient (Wildman–Crippen LogP) is 1.05. The highest BCUT2D eigenvalue weighted by Gasteiger charge is 2.58. The number of amides is 1. The van der Waals surface area contributed by atoms with Crippen molar-refractivity contribution in [3.05, 3.63) is 17.7 Å². The highest BCUT2D eigenvalue weighted by atomic mass is 17.2. The molecule has 0 aliphatic carbocycles. The van der Waals surface area contributed by atoms with Gasteiger partial charge in [0.15, 0.2) is 0 Å². The fraction of sp³-hybridized carbons (Fsp3) is 0.556. The second kappa shape index (κ2) is 8.45. The number of methoxy groups -OCH3 is 4. The van der Waals surface area contributed by atoms with Gasteiger partial charge in [0.05, 0.1) is 48.1 Å². The van der Waals surface area contributed by atoms with E-state index in [4.69, 9.17) is 23.8 Å². The number of hydrogen-bond donors (Lipinski definition) is 1. The van der Waals surface area contributed by atoms with Gasteiger partial charge in [0.1, 0.15) is 22.8 Å². The molecule has 1 fully saturated rings. The van der Waals surface area contributed by atoms with Crippen LogP contribution >= 0.6 is 0 Å². The number of esters is 1. The zero-order valence-corrected chi connectivity index (χ0v) is 16.3. The van der Waals surface area contributed by atoms with Crippen molar-refractivity contribution in [3.8, 4) is 17.2 Å². The standard InChI is InChI=1S/C18H25NO8/c1-18(17(21)25-5)15(11(9-27-26-6)16(20)19-18)14-12(23-3)7-10(22-2)8-13(14)24-4/h7-8,11,15H,9H2,1-6H3,(H,19,20)/t11?,15-,18?/m0/s1. The Morgan fingerprint density at radius 1 is 1.07 bits per heavy atom. The summed E-state index contributed by atoms with van der Waals surface area (Å²) in [6.45, 7) is 1.52. The predicted molar refractivity (Wildman–Crippen MR) is 93.9 cm³/mol. The molecule has 1 saturated heterocycles. The van der Waals surface area contributed by atoms with Crippen LogP contribution in [-0.2, 0) is 24.1 Å². The van der Waals surface area contributed by atoms with Gasteiger partial charge >= 0.3 is 5.97 Å². The molecule has 0 bridgehead atoms. The quantitative estimate of drug-likeness (QED) is 0.404. The second-order valence-corrected chi connectivity index (χ2v) is 6.16. The summed E-state index contributed by atoms with van der Waals surface area (Å²) in [5, 5.41) is 2.73. The highest BCUT2D eigenvalue weighted by Crippen LogP contribution is 2.49. The van der Waals surface area contributed by atoms with Gasteiger partial charge in [-0.15, -0.1) is 0 Å². The Hall–Kier alpha value is -2.52. The molecule has 1 aliphatic heterocycles. The minimum absolute atomic E-state index is 0.0715. The largest absolute Gasteiger partial charge is 0.496 e. The van der Waals surface area contributed by atoms with Crippen molar-refractivity contribution >= 4 is 11.9 Å². The van der Waals surface area contributed by atoms with E-state index in [1.807, 2.05) is 0 Å². The third kappa shape index (κ3) is 3.65. The van der Waals surface area contributed by atoms with Crippen LogP contribution in [0.4, 0.5) is 0 Å². The smallest absolute Gasteiger partial charge is 0.331 e. The first kappa shape index (κ1) is 20.8. The van der Waals surface area contributed by atoms with Crippen molar-refractivity contribution in [1.29, 1.82) is 0 Å². The van der Waals surface area contributed by atoms with Gasteiger partial charge in [0.2, 0.25) is 5.91 Å². The molecule has 0 saturated carbocycles. The topological polar surface area (TPSA) is 102 Å². The average molecular weight is 383 g/mol. The summed E-state index contributed by atoms with van der Waals surface area (Å²) in [5.74, 6) is -1.09. The third-order valence-electron chi connectivity index (χ3n) is 4.78. The van der Waals surface area contributed by atoms with E-state index in [0.717, 1.165) is 0 Å². The zero-order chi connectivity index (χ0) is 20.2. The van der Waals surface area contributed by atoms with Crippen LogP contribution in [0.15, 0.2) is 12.1 Å². The van der Waals surface area contributed by atoms with Crippen LogP contribution in [0.25, 0.3) is 0 Å². The van der Waals surface area contributed by atoms with E-state index >= 15 is 0 Å². The molecule has 0 radical (unpaired) electrons. The number of carbonyl (C=O) groups is 2. The Morgan fingerprint density at radius 3 is 2.11 bits per heavy atom. The maximum absolute atomic E-state index is 12.7. The summed E-state index contributed by atoms with van der Waals surface area (Å²) in [4.78, 5) is 34.9. The van der Waals surface area contributed by atoms with Crippen molar-refractivity contribution in [3.63, 3.8) is 0 Å². The lowest BCUT2D eigenvalue weighted by Crippen LogP contribution is -2.50.